The van der Waals surface area contributed by atoms with Crippen molar-refractivity contribution in [3.63, 3.8) is 0 Å². The molecule has 2 saturated heterocycles. The molecule has 2 heterocycles. The van der Waals surface area contributed by atoms with E-state index >= 15 is 0 Å². The fourth-order valence-electron chi connectivity index (χ4n) is 3.53. The zero-order valence-electron chi connectivity index (χ0n) is 16.6. The first kappa shape index (κ1) is 23.8. The van der Waals surface area contributed by atoms with Gasteiger partial charge in [0.25, 0.3) is 0 Å². The van der Waals surface area contributed by atoms with E-state index in [2.05, 4.69) is 22.1 Å². The molecule has 0 aliphatic carbocycles. The van der Waals surface area contributed by atoms with E-state index in [9.17, 15) is 8.42 Å². The summed E-state index contributed by atoms with van der Waals surface area (Å²) < 4.78 is 26.8. The number of guanidine groups is 1. The van der Waals surface area contributed by atoms with Crippen molar-refractivity contribution >= 4 is 51.7 Å². The molecular weight excluding hydrogens is 507 g/mol. The number of halogens is 1. The van der Waals surface area contributed by atoms with Crippen LogP contribution in [0.4, 0.5) is 0 Å². The van der Waals surface area contributed by atoms with E-state index < -0.39 is 10.0 Å². The summed E-state index contributed by atoms with van der Waals surface area (Å²) in [5.41, 5.74) is 1.05. The lowest BCUT2D eigenvalue weighted by molar-refractivity contribution is 0.408. The second-order valence-corrected chi connectivity index (χ2v) is 10.3. The lowest BCUT2D eigenvalue weighted by atomic mass is 10.2. The monoisotopic (exact) mass is 538 g/mol. The summed E-state index contributed by atoms with van der Waals surface area (Å²) in [5.74, 6) is 2.05. The Morgan fingerprint density at radius 3 is 2.50 bits per heavy atom. The molecule has 9 heteroatoms. The SMILES string of the molecule is CCC1CN(C(=NC)NCc2ccc(S(=O)(=O)N3CCCC3)cc2)CCS1.I. The van der Waals surface area contributed by atoms with Crippen LogP contribution >= 0.6 is 35.7 Å². The molecule has 0 amide bonds. The molecule has 28 heavy (non-hydrogen) atoms. The second kappa shape index (κ2) is 11.0. The first-order valence-electron chi connectivity index (χ1n) is 9.71. The van der Waals surface area contributed by atoms with Gasteiger partial charge in [0.2, 0.25) is 10.0 Å². The van der Waals surface area contributed by atoms with Crippen LogP contribution in [0.5, 0.6) is 0 Å². The number of hydrogen-bond donors (Lipinski definition) is 1. The molecule has 2 aliphatic heterocycles. The van der Waals surface area contributed by atoms with Gasteiger partial charge in [0.1, 0.15) is 0 Å². The molecule has 0 aromatic heterocycles. The van der Waals surface area contributed by atoms with E-state index in [-0.39, 0.29) is 24.0 Å². The Balaban J connectivity index is 0.00000280. The molecule has 2 aliphatic rings. The van der Waals surface area contributed by atoms with Gasteiger partial charge in [-0.25, -0.2) is 8.42 Å². The minimum absolute atomic E-state index is 0. The lowest BCUT2D eigenvalue weighted by Crippen LogP contribution is -2.47. The zero-order valence-corrected chi connectivity index (χ0v) is 20.6. The van der Waals surface area contributed by atoms with Gasteiger partial charge in [0.15, 0.2) is 5.96 Å². The van der Waals surface area contributed by atoms with E-state index in [0.717, 1.165) is 43.2 Å². The van der Waals surface area contributed by atoms with Crippen LogP contribution in [-0.4, -0.2) is 67.8 Å². The Hall–Kier alpha value is -0.520. The quantitative estimate of drug-likeness (QED) is 0.355. The highest BCUT2D eigenvalue weighted by atomic mass is 127. The summed E-state index contributed by atoms with van der Waals surface area (Å²) in [7, 11) is -1.52. The molecule has 158 valence electrons. The van der Waals surface area contributed by atoms with Crippen molar-refractivity contribution in [1.29, 1.82) is 0 Å². The zero-order chi connectivity index (χ0) is 19.3. The number of rotatable bonds is 5. The molecule has 1 unspecified atom stereocenters. The van der Waals surface area contributed by atoms with E-state index in [1.54, 1.807) is 16.4 Å². The highest BCUT2D eigenvalue weighted by molar-refractivity contribution is 14.0. The van der Waals surface area contributed by atoms with Gasteiger partial charge in [0, 0.05) is 50.8 Å². The molecule has 0 bridgehead atoms. The molecule has 1 aromatic carbocycles. The fourth-order valence-corrected chi connectivity index (χ4v) is 6.23. The number of benzene rings is 1. The van der Waals surface area contributed by atoms with Crippen LogP contribution in [0.15, 0.2) is 34.2 Å². The van der Waals surface area contributed by atoms with Gasteiger partial charge in [-0.05, 0) is 37.0 Å². The number of nitrogens with zero attached hydrogens (tertiary/aromatic N) is 3. The summed E-state index contributed by atoms with van der Waals surface area (Å²) in [5, 5.41) is 4.08. The number of aliphatic imine (C=N–C) groups is 1. The Bertz CT molecular complexity index is 750. The van der Waals surface area contributed by atoms with Crippen LogP contribution in [0.25, 0.3) is 0 Å². The summed E-state index contributed by atoms with van der Waals surface area (Å²) >= 11 is 2.04. The first-order valence-corrected chi connectivity index (χ1v) is 12.2. The fraction of sp³-hybridized carbons (Fsp3) is 0.632. The Kier molecular flexibility index (Phi) is 9.36. The van der Waals surface area contributed by atoms with Crippen LogP contribution in [0.2, 0.25) is 0 Å². The number of sulfonamides is 1. The van der Waals surface area contributed by atoms with Crippen LogP contribution < -0.4 is 5.32 Å². The predicted molar refractivity (Wildman–Crippen MR) is 128 cm³/mol. The first-order chi connectivity index (χ1) is 13.0. The minimum atomic E-state index is -3.34. The molecule has 0 saturated carbocycles. The number of thioether (sulfide) groups is 1. The Labute approximate surface area is 190 Å². The number of nitrogens with one attached hydrogen (secondary N) is 1. The summed E-state index contributed by atoms with van der Waals surface area (Å²) in [6.45, 7) is 6.16. The van der Waals surface area contributed by atoms with Crippen molar-refractivity contribution in [2.45, 2.75) is 42.9 Å². The highest BCUT2D eigenvalue weighted by Crippen LogP contribution is 2.22. The molecule has 3 rings (SSSR count). The maximum atomic E-state index is 12.6. The summed E-state index contributed by atoms with van der Waals surface area (Å²) in [6, 6.07) is 7.23. The van der Waals surface area contributed by atoms with Gasteiger partial charge in [0.05, 0.1) is 4.90 Å². The number of hydrogen-bond acceptors (Lipinski definition) is 4. The maximum absolute atomic E-state index is 12.6. The van der Waals surface area contributed by atoms with Crippen molar-refractivity contribution in [1.82, 2.24) is 14.5 Å². The van der Waals surface area contributed by atoms with Crippen molar-refractivity contribution < 1.29 is 8.42 Å². The average molecular weight is 539 g/mol. The standard InChI is InChI=1S/C19H30N4O2S2.HI/c1-3-17-15-22(12-13-26-17)19(20-2)21-14-16-6-8-18(9-7-16)27(24,25)23-10-4-5-11-23;/h6-9,17H,3-5,10-15H2,1-2H3,(H,20,21);1H. The van der Waals surface area contributed by atoms with Gasteiger partial charge in [-0.3, -0.25) is 4.99 Å². The molecule has 0 radical (unpaired) electrons. The largest absolute Gasteiger partial charge is 0.352 e. The molecule has 1 N–H and O–H groups in total. The van der Waals surface area contributed by atoms with E-state index in [1.165, 1.54) is 6.42 Å². The predicted octanol–water partition coefficient (Wildman–Crippen LogP) is 2.99. The average Bonchev–Trinajstić information content (AvgIpc) is 3.25. The normalized spacial score (nSPS) is 21.4. The van der Waals surface area contributed by atoms with Crippen LogP contribution in [-0.2, 0) is 16.6 Å². The van der Waals surface area contributed by atoms with Crippen molar-refractivity contribution in [2.24, 2.45) is 4.99 Å². The van der Waals surface area contributed by atoms with Gasteiger partial charge in [-0.2, -0.15) is 16.1 Å². The van der Waals surface area contributed by atoms with Crippen LogP contribution in [0.3, 0.4) is 0 Å². The van der Waals surface area contributed by atoms with Crippen molar-refractivity contribution in [3.05, 3.63) is 29.8 Å². The molecule has 1 atom stereocenters. The summed E-state index contributed by atoms with van der Waals surface area (Å²) in [6.07, 6.45) is 3.08. The van der Waals surface area contributed by atoms with Gasteiger partial charge < -0.3 is 10.2 Å². The molecule has 2 fully saturated rings. The Morgan fingerprint density at radius 2 is 1.89 bits per heavy atom. The Morgan fingerprint density at radius 1 is 1.21 bits per heavy atom. The van der Waals surface area contributed by atoms with Crippen molar-refractivity contribution in [2.75, 3.05) is 39.0 Å². The van der Waals surface area contributed by atoms with Crippen LogP contribution in [0, 0.1) is 0 Å². The molecule has 0 spiro atoms. The third-order valence-corrected chi connectivity index (χ3v) is 8.47. The summed E-state index contributed by atoms with van der Waals surface area (Å²) in [4.78, 5) is 7.13. The van der Waals surface area contributed by atoms with Crippen LogP contribution in [0.1, 0.15) is 31.7 Å². The third-order valence-electron chi connectivity index (χ3n) is 5.18. The lowest BCUT2D eigenvalue weighted by Gasteiger charge is -2.34. The maximum Gasteiger partial charge on any atom is 0.243 e. The molecule has 1 aromatic rings. The van der Waals surface area contributed by atoms with Crippen molar-refractivity contribution in [3.8, 4) is 0 Å². The van der Waals surface area contributed by atoms with Gasteiger partial charge >= 0.3 is 0 Å². The second-order valence-electron chi connectivity index (χ2n) is 7.00. The van der Waals surface area contributed by atoms with Gasteiger partial charge in [-0.1, -0.05) is 19.1 Å². The van der Waals surface area contributed by atoms with Gasteiger partial charge in [-0.15, -0.1) is 24.0 Å². The molecular formula is C19H31IN4O2S2. The van der Waals surface area contributed by atoms with E-state index in [4.69, 9.17) is 0 Å². The topological polar surface area (TPSA) is 65.0 Å². The highest BCUT2D eigenvalue weighted by Gasteiger charge is 2.27. The van der Waals surface area contributed by atoms with E-state index in [0.29, 0.717) is 29.8 Å². The third kappa shape index (κ3) is 5.76. The minimum Gasteiger partial charge on any atom is -0.352 e. The smallest absolute Gasteiger partial charge is 0.243 e. The molecule has 6 nitrogen and oxygen atoms in total. The van der Waals surface area contributed by atoms with E-state index in [1.807, 2.05) is 30.9 Å².